The average Bonchev–Trinajstić information content (AvgIpc) is 2.97. The molecule has 0 radical (unpaired) electrons. The van der Waals surface area contributed by atoms with E-state index >= 15 is 0 Å². The topological polar surface area (TPSA) is 61.4 Å². The molecule has 32 heavy (non-hydrogen) atoms. The summed E-state index contributed by atoms with van der Waals surface area (Å²) in [4.78, 5) is 9.76. The number of halogens is 1. The highest BCUT2D eigenvalue weighted by Gasteiger charge is 2.11. The van der Waals surface area contributed by atoms with E-state index in [4.69, 9.17) is 14.5 Å². The predicted octanol–water partition coefficient (Wildman–Crippen LogP) is 3.23. The molecule has 0 aliphatic carbocycles. The van der Waals surface area contributed by atoms with Gasteiger partial charge in [0.15, 0.2) is 17.5 Å². The maximum absolute atomic E-state index is 5.74. The molecule has 1 aromatic rings. The van der Waals surface area contributed by atoms with E-state index in [0.29, 0.717) is 13.2 Å². The van der Waals surface area contributed by atoms with Crippen molar-refractivity contribution in [3.63, 3.8) is 0 Å². The molecule has 1 aliphatic rings. The summed E-state index contributed by atoms with van der Waals surface area (Å²) in [6.07, 6.45) is 3.26. The lowest BCUT2D eigenvalue weighted by Gasteiger charge is -2.19. The van der Waals surface area contributed by atoms with Gasteiger partial charge in [0.2, 0.25) is 0 Å². The molecule has 2 N–H and O–H groups in total. The van der Waals surface area contributed by atoms with Gasteiger partial charge in [-0.2, -0.15) is 0 Å². The summed E-state index contributed by atoms with van der Waals surface area (Å²) in [5.41, 5.74) is 1.22. The number of ether oxygens (including phenoxy) is 2. The standard InChI is InChI=1S/C24H43N5O2.HI/c1-5-25-24(26-13-8-16-29-17-9-15-28(4)18-19-29)27-14-12-21-10-11-22(30-6-2)23(20-21)31-7-3;/h10-11,20H,5-9,12-19H2,1-4H3,(H2,25,26,27);1H. The first kappa shape index (κ1) is 28.8. The van der Waals surface area contributed by atoms with Crippen molar-refractivity contribution >= 4 is 29.9 Å². The van der Waals surface area contributed by atoms with Crippen LogP contribution >= 0.6 is 24.0 Å². The zero-order chi connectivity index (χ0) is 22.3. The zero-order valence-corrected chi connectivity index (χ0v) is 22.8. The van der Waals surface area contributed by atoms with Gasteiger partial charge in [0, 0.05) is 32.7 Å². The number of nitrogens with one attached hydrogen (secondary N) is 2. The number of likely N-dealkylation sites (N-methyl/N-ethyl adjacent to an activating group) is 1. The van der Waals surface area contributed by atoms with E-state index in [0.717, 1.165) is 56.5 Å². The molecule has 0 aromatic heterocycles. The second-order valence-electron chi connectivity index (χ2n) is 7.94. The van der Waals surface area contributed by atoms with Gasteiger partial charge in [-0.3, -0.25) is 4.99 Å². The van der Waals surface area contributed by atoms with E-state index < -0.39 is 0 Å². The van der Waals surface area contributed by atoms with Crippen molar-refractivity contribution in [3.05, 3.63) is 23.8 Å². The summed E-state index contributed by atoms with van der Waals surface area (Å²) < 4.78 is 11.4. The summed E-state index contributed by atoms with van der Waals surface area (Å²) in [6.45, 7) is 15.8. The van der Waals surface area contributed by atoms with Gasteiger partial charge in [-0.1, -0.05) is 6.07 Å². The molecule has 1 fully saturated rings. The second-order valence-corrected chi connectivity index (χ2v) is 7.94. The number of benzene rings is 1. The molecule has 184 valence electrons. The van der Waals surface area contributed by atoms with Crippen molar-refractivity contribution in [2.45, 2.75) is 40.0 Å². The third-order valence-electron chi connectivity index (χ3n) is 5.37. The summed E-state index contributed by atoms with van der Waals surface area (Å²) in [7, 11) is 2.22. The Hall–Kier alpha value is -1.26. The van der Waals surface area contributed by atoms with Crippen LogP contribution in [0.4, 0.5) is 0 Å². The number of guanidine groups is 1. The molecule has 1 heterocycles. The fourth-order valence-electron chi connectivity index (χ4n) is 3.73. The molecule has 0 amide bonds. The summed E-state index contributed by atoms with van der Waals surface area (Å²) in [6, 6.07) is 6.19. The van der Waals surface area contributed by atoms with Crippen LogP contribution in [0.15, 0.2) is 23.2 Å². The quantitative estimate of drug-likeness (QED) is 0.177. The second kappa shape index (κ2) is 17.2. The summed E-state index contributed by atoms with van der Waals surface area (Å²) in [5, 5.41) is 6.82. The normalized spacial score (nSPS) is 15.6. The van der Waals surface area contributed by atoms with Gasteiger partial charge in [0.25, 0.3) is 0 Å². The maximum atomic E-state index is 5.74. The van der Waals surface area contributed by atoms with Crippen molar-refractivity contribution < 1.29 is 9.47 Å². The monoisotopic (exact) mass is 561 g/mol. The SMILES string of the molecule is CCNC(=NCCCN1CCCN(C)CC1)NCCc1ccc(OCC)c(OCC)c1.I. The third-order valence-corrected chi connectivity index (χ3v) is 5.37. The highest BCUT2D eigenvalue weighted by molar-refractivity contribution is 14.0. The Morgan fingerprint density at radius 3 is 2.53 bits per heavy atom. The molecule has 1 saturated heterocycles. The van der Waals surface area contributed by atoms with Gasteiger partial charge < -0.3 is 29.9 Å². The van der Waals surface area contributed by atoms with Crippen LogP contribution in [-0.4, -0.2) is 88.4 Å². The Morgan fingerprint density at radius 2 is 1.78 bits per heavy atom. The van der Waals surface area contributed by atoms with Gasteiger partial charge in [0.05, 0.1) is 13.2 Å². The van der Waals surface area contributed by atoms with Crippen LogP contribution in [0.25, 0.3) is 0 Å². The number of aliphatic imine (C=N–C) groups is 1. The molecular weight excluding hydrogens is 517 g/mol. The van der Waals surface area contributed by atoms with Crippen LogP contribution in [-0.2, 0) is 6.42 Å². The van der Waals surface area contributed by atoms with E-state index in [1.807, 2.05) is 19.9 Å². The Kier molecular flexibility index (Phi) is 15.5. The minimum atomic E-state index is 0. The molecular formula is C24H44IN5O2. The lowest BCUT2D eigenvalue weighted by Crippen LogP contribution is -2.38. The molecule has 2 rings (SSSR count). The molecule has 1 aromatic carbocycles. The minimum absolute atomic E-state index is 0. The molecule has 0 bridgehead atoms. The molecule has 0 spiro atoms. The van der Waals surface area contributed by atoms with Gasteiger partial charge in [0.1, 0.15) is 0 Å². The van der Waals surface area contributed by atoms with E-state index in [2.05, 4.69) is 46.5 Å². The fraction of sp³-hybridized carbons (Fsp3) is 0.708. The predicted molar refractivity (Wildman–Crippen MR) is 145 cm³/mol. The van der Waals surface area contributed by atoms with Crippen molar-refractivity contribution in [1.82, 2.24) is 20.4 Å². The van der Waals surface area contributed by atoms with E-state index in [9.17, 15) is 0 Å². The molecule has 0 atom stereocenters. The van der Waals surface area contributed by atoms with Gasteiger partial charge in [-0.15, -0.1) is 24.0 Å². The summed E-state index contributed by atoms with van der Waals surface area (Å²) in [5.74, 6) is 2.53. The Morgan fingerprint density at radius 1 is 1.00 bits per heavy atom. The first-order valence-corrected chi connectivity index (χ1v) is 12.0. The Bertz CT molecular complexity index is 659. The van der Waals surface area contributed by atoms with E-state index in [1.165, 1.54) is 38.2 Å². The van der Waals surface area contributed by atoms with Crippen LogP contribution in [0, 0.1) is 0 Å². The van der Waals surface area contributed by atoms with Crippen LogP contribution in [0.3, 0.4) is 0 Å². The van der Waals surface area contributed by atoms with E-state index in [-0.39, 0.29) is 24.0 Å². The lowest BCUT2D eigenvalue weighted by molar-refractivity contribution is 0.275. The fourth-order valence-corrected chi connectivity index (χ4v) is 3.73. The van der Waals surface area contributed by atoms with Gasteiger partial charge in [-0.05, 0) is 84.4 Å². The van der Waals surface area contributed by atoms with Crippen LogP contribution in [0.5, 0.6) is 11.5 Å². The van der Waals surface area contributed by atoms with Crippen LogP contribution in [0.2, 0.25) is 0 Å². The average molecular weight is 562 g/mol. The third kappa shape index (κ3) is 11.0. The Balaban J connectivity index is 0.00000512. The van der Waals surface area contributed by atoms with Crippen molar-refractivity contribution in [1.29, 1.82) is 0 Å². The molecule has 8 heteroatoms. The number of rotatable bonds is 12. The highest BCUT2D eigenvalue weighted by atomic mass is 127. The lowest BCUT2D eigenvalue weighted by atomic mass is 10.1. The van der Waals surface area contributed by atoms with Crippen molar-refractivity contribution in [3.8, 4) is 11.5 Å². The van der Waals surface area contributed by atoms with Crippen LogP contribution < -0.4 is 20.1 Å². The first-order valence-electron chi connectivity index (χ1n) is 12.0. The zero-order valence-electron chi connectivity index (χ0n) is 20.5. The van der Waals surface area contributed by atoms with E-state index in [1.54, 1.807) is 0 Å². The van der Waals surface area contributed by atoms with Crippen molar-refractivity contribution in [2.75, 3.05) is 72.6 Å². The Labute approximate surface area is 212 Å². The maximum Gasteiger partial charge on any atom is 0.191 e. The largest absolute Gasteiger partial charge is 0.490 e. The van der Waals surface area contributed by atoms with Gasteiger partial charge in [-0.25, -0.2) is 0 Å². The highest BCUT2D eigenvalue weighted by Crippen LogP contribution is 2.28. The number of nitrogens with zero attached hydrogens (tertiary/aromatic N) is 3. The minimum Gasteiger partial charge on any atom is -0.490 e. The molecule has 0 unspecified atom stereocenters. The number of hydrogen-bond donors (Lipinski definition) is 2. The number of hydrogen-bond acceptors (Lipinski definition) is 5. The smallest absolute Gasteiger partial charge is 0.191 e. The molecule has 0 saturated carbocycles. The van der Waals surface area contributed by atoms with Crippen molar-refractivity contribution in [2.24, 2.45) is 4.99 Å². The molecule has 1 aliphatic heterocycles. The first-order chi connectivity index (χ1) is 15.2. The van der Waals surface area contributed by atoms with Gasteiger partial charge >= 0.3 is 0 Å². The van der Waals surface area contributed by atoms with Crippen LogP contribution in [0.1, 0.15) is 39.2 Å². The molecule has 7 nitrogen and oxygen atoms in total. The summed E-state index contributed by atoms with van der Waals surface area (Å²) >= 11 is 0.